The van der Waals surface area contributed by atoms with Gasteiger partial charge < -0.3 is 9.84 Å². The predicted octanol–water partition coefficient (Wildman–Crippen LogP) is -0.192. The zero-order chi connectivity index (χ0) is 12.3. The summed E-state index contributed by atoms with van der Waals surface area (Å²) in [5.74, 6) is 0. The number of ether oxygens (including phenoxy) is 1. The van der Waals surface area contributed by atoms with Gasteiger partial charge >= 0.3 is 0 Å². The number of aromatic amines is 1. The second-order valence-corrected chi connectivity index (χ2v) is 4.02. The molecule has 0 fully saturated rings. The van der Waals surface area contributed by atoms with Crippen LogP contribution in [0.2, 0.25) is 0 Å². The molecule has 0 aliphatic heterocycles. The molecular formula is C9H12N4O3S. The number of fused-ring (bicyclic) bond motifs is 1. The highest BCUT2D eigenvalue weighted by atomic mass is 32.2. The molecule has 0 bridgehead atoms. The third-order valence-electron chi connectivity index (χ3n) is 2.11. The van der Waals surface area contributed by atoms with Crippen LogP contribution in [0.4, 0.5) is 0 Å². The number of aliphatic hydroxyl groups is 1. The van der Waals surface area contributed by atoms with Crippen molar-refractivity contribution in [3.05, 3.63) is 16.7 Å². The maximum absolute atomic E-state index is 11.6. The van der Waals surface area contributed by atoms with E-state index in [0.29, 0.717) is 10.8 Å². The van der Waals surface area contributed by atoms with Crippen LogP contribution in [0.25, 0.3) is 11.2 Å². The van der Waals surface area contributed by atoms with Gasteiger partial charge in [-0.25, -0.2) is 9.97 Å². The first-order valence-electron chi connectivity index (χ1n) is 4.94. The van der Waals surface area contributed by atoms with Gasteiger partial charge in [-0.3, -0.25) is 14.3 Å². The average molecular weight is 256 g/mol. The predicted molar refractivity (Wildman–Crippen MR) is 63.0 cm³/mol. The highest BCUT2D eigenvalue weighted by Gasteiger charge is 2.09. The van der Waals surface area contributed by atoms with Crippen molar-refractivity contribution in [1.29, 1.82) is 0 Å². The second kappa shape index (κ2) is 5.30. The lowest BCUT2D eigenvalue weighted by molar-refractivity contribution is 0.0498. The summed E-state index contributed by atoms with van der Waals surface area (Å²) in [6.07, 6.45) is 3.32. The van der Waals surface area contributed by atoms with E-state index in [9.17, 15) is 4.79 Å². The van der Waals surface area contributed by atoms with E-state index in [2.05, 4.69) is 15.0 Å². The van der Waals surface area contributed by atoms with Gasteiger partial charge in [0.05, 0.1) is 19.5 Å². The Labute approximate surface area is 101 Å². The Morgan fingerprint density at radius 1 is 1.65 bits per heavy atom. The summed E-state index contributed by atoms with van der Waals surface area (Å²) in [7, 11) is 0. The van der Waals surface area contributed by atoms with Crippen LogP contribution in [0, 0.1) is 0 Å². The Balaban J connectivity index is 2.37. The van der Waals surface area contributed by atoms with Gasteiger partial charge in [-0.05, 0) is 6.26 Å². The fourth-order valence-corrected chi connectivity index (χ4v) is 1.72. The largest absolute Gasteiger partial charge is 0.394 e. The molecule has 92 valence electrons. The lowest BCUT2D eigenvalue weighted by atomic mass is 10.5. The maximum Gasteiger partial charge on any atom is 0.279 e. The highest BCUT2D eigenvalue weighted by Crippen LogP contribution is 2.11. The van der Waals surface area contributed by atoms with Crippen molar-refractivity contribution >= 4 is 22.9 Å². The summed E-state index contributed by atoms with van der Waals surface area (Å²) in [5, 5.41) is 9.14. The molecule has 7 nitrogen and oxygen atoms in total. The summed E-state index contributed by atoms with van der Waals surface area (Å²) in [4.78, 5) is 22.5. The van der Waals surface area contributed by atoms with Crippen molar-refractivity contribution in [2.24, 2.45) is 0 Å². The van der Waals surface area contributed by atoms with Gasteiger partial charge in [0.15, 0.2) is 16.3 Å². The lowest BCUT2D eigenvalue weighted by Crippen LogP contribution is -2.11. The summed E-state index contributed by atoms with van der Waals surface area (Å²) >= 11 is 1.35. The zero-order valence-electron chi connectivity index (χ0n) is 9.21. The molecule has 2 heterocycles. The Bertz CT molecular complexity index is 565. The van der Waals surface area contributed by atoms with Crippen molar-refractivity contribution in [2.45, 2.75) is 11.9 Å². The number of nitrogens with one attached hydrogen (secondary N) is 1. The van der Waals surface area contributed by atoms with Gasteiger partial charge in [-0.15, -0.1) is 0 Å². The fraction of sp³-hybridized carbons (Fsp3) is 0.444. The van der Waals surface area contributed by atoms with Gasteiger partial charge in [0.2, 0.25) is 0 Å². The number of imidazole rings is 1. The number of H-pyrrole nitrogens is 1. The van der Waals surface area contributed by atoms with E-state index in [1.807, 2.05) is 6.26 Å². The minimum atomic E-state index is -0.264. The lowest BCUT2D eigenvalue weighted by Gasteiger charge is -2.04. The van der Waals surface area contributed by atoms with E-state index in [-0.39, 0.29) is 31.0 Å². The van der Waals surface area contributed by atoms with Gasteiger partial charge in [0.1, 0.15) is 6.73 Å². The number of rotatable bonds is 5. The molecule has 17 heavy (non-hydrogen) atoms. The molecule has 0 aromatic carbocycles. The maximum atomic E-state index is 11.6. The SMILES string of the molecule is CSc1nc2c(ncn2COCCO)c(=O)[nH]1. The molecule has 0 saturated heterocycles. The number of aromatic nitrogens is 4. The summed E-state index contributed by atoms with van der Waals surface area (Å²) < 4.78 is 6.79. The Morgan fingerprint density at radius 3 is 3.18 bits per heavy atom. The molecule has 2 N–H and O–H groups in total. The van der Waals surface area contributed by atoms with E-state index < -0.39 is 0 Å². The minimum absolute atomic E-state index is 0.0449. The minimum Gasteiger partial charge on any atom is -0.394 e. The first kappa shape index (κ1) is 12.1. The number of hydrogen-bond acceptors (Lipinski definition) is 6. The standard InChI is InChI=1S/C9H12N4O3S/c1-17-9-11-7-6(8(15)12-9)10-4-13(7)5-16-3-2-14/h4,14H,2-3,5H2,1H3,(H,11,12,15). The van der Waals surface area contributed by atoms with E-state index in [1.165, 1.54) is 18.1 Å². The van der Waals surface area contributed by atoms with Crippen molar-refractivity contribution < 1.29 is 9.84 Å². The van der Waals surface area contributed by atoms with Crippen molar-refractivity contribution in [3.63, 3.8) is 0 Å². The summed E-state index contributed by atoms with van der Waals surface area (Å²) in [6, 6.07) is 0. The molecule has 0 aliphatic rings. The molecule has 2 aromatic rings. The van der Waals surface area contributed by atoms with Crippen LogP contribution in [0.1, 0.15) is 0 Å². The molecule has 2 rings (SSSR count). The molecule has 0 spiro atoms. The second-order valence-electron chi connectivity index (χ2n) is 3.22. The van der Waals surface area contributed by atoms with Gasteiger partial charge in [-0.1, -0.05) is 11.8 Å². The van der Waals surface area contributed by atoms with Gasteiger partial charge in [-0.2, -0.15) is 0 Å². The first-order chi connectivity index (χ1) is 8.26. The zero-order valence-corrected chi connectivity index (χ0v) is 10.0. The van der Waals surface area contributed by atoms with Crippen molar-refractivity contribution in [1.82, 2.24) is 19.5 Å². The van der Waals surface area contributed by atoms with E-state index in [4.69, 9.17) is 9.84 Å². The molecule has 0 atom stereocenters. The van der Waals surface area contributed by atoms with E-state index in [1.54, 1.807) is 4.57 Å². The number of aliphatic hydroxyl groups excluding tert-OH is 1. The molecule has 0 saturated carbocycles. The topological polar surface area (TPSA) is 93.0 Å². The Morgan fingerprint density at radius 2 is 2.47 bits per heavy atom. The van der Waals surface area contributed by atoms with Crippen LogP contribution >= 0.6 is 11.8 Å². The van der Waals surface area contributed by atoms with Gasteiger partial charge in [0, 0.05) is 0 Å². The van der Waals surface area contributed by atoms with Crippen LogP contribution in [0.3, 0.4) is 0 Å². The van der Waals surface area contributed by atoms with Crippen molar-refractivity contribution in [3.8, 4) is 0 Å². The molecule has 8 heteroatoms. The number of nitrogens with zero attached hydrogens (tertiary/aromatic N) is 3. The molecule has 0 radical (unpaired) electrons. The highest BCUT2D eigenvalue weighted by molar-refractivity contribution is 7.98. The molecular weight excluding hydrogens is 244 g/mol. The third-order valence-corrected chi connectivity index (χ3v) is 2.69. The molecule has 2 aromatic heterocycles. The quantitative estimate of drug-likeness (QED) is 0.437. The van der Waals surface area contributed by atoms with E-state index in [0.717, 1.165) is 0 Å². The van der Waals surface area contributed by atoms with Crippen molar-refractivity contribution in [2.75, 3.05) is 19.5 Å². The Hall–Kier alpha value is -1.38. The monoisotopic (exact) mass is 256 g/mol. The van der Waals surface area contributed by atoms with Crippen LogP contribution in [0.5, 0.6) is 0 Å². The normalized spacial score (nSPS) is 11.2. The van der Waals surface area contributed by atoms with Gasteiger partial charge in [0.25, 0.3) is 5.56 Å². The number of thioether (sulfide) groups is 1. The molecule has 0 amide bonds. The van der Waals surface area contributed by atoms with E-state index >= 15 is 0 Å². The summed E-state index contributed by atoms with van der Waals surface area (Å²) in [6.45, 7) is 0.399. The fourth-order valence-electron chi connectivity index (χ4n) is 1.35. The van der Waals surface area contributed by atoms with Crippen LogP contribution in [-0.4, -0.2) is 44.1 Å². The number of hydrogen-bond donors (Lipinski definition) is 2. The molecule has 0 aliphatic carbocycles. The van der Waals surface area contributed by atoms with Crippen LogP contribution in [-0.2, 0) is 11.5 Å². The van der Waals surface area contributed by atoms with Crippen LogP contribution < -0.4 is 5.56 Å². The Kier molecular flexibility index (Phi) is 3.77. The third kappa shape index (κ3) is 2.48. The smallest absolute Gasteiger partial charge is 0.279 e. The average Bonchev–Trinajstić information content (AvgIpc) is 2.73. The first-order valence-corrected chi connectivity index (χ1v) is 6.16. The molecule has 0 unspecified atom stereocenters. The van der Waals surface area contributed by atoms with Crippen LogP contribution in [0.15, 0.2) is 16.3 Å². The summed E-state index contributed by atoms with van der Waals surface area (Å²) in [5.41, 5.74) is 0.506.